The van der Waals surface area contributed by atoms with E-state index in [-0.39, 0.29) is 24.6 Å². The minimum absolute atomic E-state index is 0.00663. The molecule has 178 valence electrons. The Morgan fingerprint density at radius 1 is 1.21 bits per heavy atom. The molecule has 1 aromatic carbocycles. The molecule has 0 radical (unpaired) electrons. The summed E-state index contributed by atoms with van der Waals surface area (Å²) in [4.78, 5) is 38.9. The van der Waals surface area contributed by atoms with Crippen LogP contribution in [0.2, 0.25) is 0 Å². The smallest absolute Gasteiger partial charge is 0.255 e. The summed E-state index contributed by atoms with van der Waals surface area (Å²) in [6.45, 7) is 5.67. The van der Waals surface area contributed by atoms with E-state index in [4.69, 9.17) is 14.2 Å². The van der Waals surface area contributed by atoms with Crippen LogP contribution in [-0.2, 0) is 4.79 Å². The van der Waals surface area contributed by atoms with Crippen LogP contribution in [0.15, 0.2) is 24.7 Å². The Morgan fingerprint density at radius 3 is 2.79 bits per heavy atom. The largest absolute Gasteiger partial charge is 0.493 e. The van der Waals surface area contributed by atoms with Crippen LogP contribution in [0.1, 0.15) is 43.5 Å². The number of rotatable bonds is 6. The molecular formula is C24H27N5O5. The molecule has 0 bridgehead atoms. The van der Waals surface area contributed by atoms with Crippen LogP contribution in [0, 0.1) is 0 Å². The van der Waals surface area contributed by atoms with Gasteiger partial charge in [-0.15, -0.1) is 0 Å². The van der Waals surface area contributed by atoms with Gasteiger partial charge in [0, 0.05) is 31.7 Å². The van der Waals surface area contributed by atoms with E-state index in [0.29, 0.717) is 71.2 Å². The van der Waals surface area contributed by atoms with Gasteiger partial charge >= 0.3 is 0 Å². The summed E-state index contributed by atoms with van der Waals surface area (Å²) >= 11 is 0. The predicted molar refractivity (Wildman–Crippen MR) is 124 cm³/mol. The molecule has 4 heterocycles. The predicted octanol–water partition coefficient (Wildman–Crippen LogP) is 2.88. The van der Waals surface area contributed by atoms with Gasteiger partial charge in [0.25, 0.3) is 5.91 Å². The number of aromatic nitrogens is 3. The van der Waals surface area contributed by atoms with Crippen molar-refractivity contribution in [1.29, 1.82) is 0 Å². The first-order valence-corrected chi connectivity index (χ1v) is 11.6. The highest BCUT2D eigenvalue weighted by Crippen LogP contribution is 2.47. The fraction of sp³-hybridized carbons (Fsp3) is 0.417. The Morgan fingerprint density at radius 2 is 2.03 bits per heavy atom. The van der Waals surface area contributed by atoms with Gasteiger partial charge in [0.1, 0.15) is 23.3 Å². The maximum atomic E-state index is 13.1. The number of carbonyl (C=O) groups excluding carboxylic acids is 2. The van der Waals surface area contributed by atoms with Gasteiger partial charge in [-0.2, -0.15) is 0 Å². The van der Waals surface area contributed by atoms with Gasteiger partial charge < -0.3 is 29.4 Å². The zero-order valence-electron chi connectivity index (χ0n) is 19.2. The molecule has 3 aromatic rings. The number of hydrogen-bond donors (Lipinski definition) is 2. The molecule has 2 amide bonds. The van der Waals surface area contributed by atoms with Gasteiger partial charge in [-0.1, -0.05) is 6.92 Å². The molecule has 0 unspecified atom stereocenters. The van der Waals surface area contributed by atoms with Crippen LogP contribution in [0.3, 0.4) is 0 Å². The van der Waals surface area contributed by atoms with E-state index >= 15 is 0 Å². The number of ether oxygens (including phenoxy) is 3. The zero-order valence-corrected chi connectivity index (χ0v) is 19.2. The molecule has 2 aliphatic rings. The molecular weight excluding hydrogens is 438 g/mol. The Balaban J connectivity index is 1.43. The first-order valence-electron chi connectivity index (χ1n) is 11.6. The standard InChI is InChI=1S/C24H27N5O5/c1-3-18(30)29-9-7-14(8-10-29)28-24(31)15-11-25-22-20(15)26-12-27-21(22)19-16(32-4-2)5-6-17-23(19)34-13-33-17/h5-6,11-12,14,25H,3-4,7-10,13H2,1-2H3,(H,28,31). The summed E-state index contributed by atoms with van der Waals surface area (Å²) < 4.78 is 17.1. The maximum absolute atomic E-state index is 13.1. The van der Waals surface area contributed by atoms with Gasteiger partial charge in [0.15, 0.2) is 11.5 Å². The fourth-order valence-corrected chi connectivity index (χ4v) is 4.52. The van der Waals surface area contributed by atoms with Crippen molar-refractivity contribution in [2.24, 2.45) is 0 Å². The summed E-state index contributed by atoms with van der Waals surface area (Å²) in [5.74, 6) is 1.72. The number of hydrogen-bond acceptors (Lipinski definition) is 7. The van der Waals surface area contributed by atoms with E-state index in [1.54, 1.807) is 6.20 Å². The fourth-order valence-electron chi connectivity index (χ4n) is 4.52. The Labute approximate surface area is 196 Å². The van der Waals surface area contributed by atoms with Crippen LogP contribution >= 0.6 is 0 Å². The van der Waals surface area contributed by atoms with Crippen LogP contribution in [0.25, 0.3) is 22.3 Å². The second kappa shape index (κ2) is 9.20. The van der Waals surface area contributed by atoms with Crippen molar-refractivity contribution < 1.29 is 23.8 Å². The number of carbonyl (C=O) groups is 2. The van der Waals surface area contributed by atoms with Crippen molar-refractivity contribution in [3.63, 3.8) is 0 Å². The van der Waals surface area contributed by atoms with Crippen molar-refractivity contribution in [1.82, 2.24) is 25.2 Å². The first-order chi connectivity index (χ1) is 16.6. The quantitative estimate of drug-likeness (QED) is 0.575. The van der Waals surface area contributed by atoms with Crippen molar-refractivity contribution in [2.75, 3.05) is 26.5 Å². The van der Waals surface area contributed by atoms with E-state index in [0.717, 1.165) is 12.8 Å². The number of fused-ring (bicyclic) bond motifs is 2. The lowest BCUT2D eigenvalue weighted by atomic mass is 10.0. The molecule has 0 aliphatic carbocycles. The number of aromatic amines is 1. The number of H-pyrrole nitrogens is 1. The molecule has 5 rings (SSSR count). The van der Waals surface area contributed by atoms with E-state index in [2.05, 4.69) is 20.3 Å². The number of likely N-dealkylation sites (tertiary alicyclic amines) is 1. The molecule has 10 nitrogen and oxygen atoms in total. The maximum Gasteiger partial charge on any atom is 0.255 e. The molecule has 2 aliphatic heterocycles. The Bertz CT molecular complexity index is 1230. The van der Waals surface area contributed by atoms with E-state index in [1.807, 2.05) is 30.9 Å². The Hall–Kier alpha value is -3.82. The number of nitrogens with zero attached hydrogens (tertiary/aromatic N) is 3. The second-order valence-corrected chi connectivity index (χ2v) is 8.24. The Kier molecular flexibility index (Phi) is 5.95. The highest BCUT2D eigenvalue weighted by Gasteiger charge is 2.28. The summed E-state index contributed by atoms with van der Waals surface area (Å²) in [5, 5.41) is 3.10. The third-order valence-corrected chi connectivity index (χ3v) is 6.23. The second-order valence-electron chi connectivity index (χ2n) is 8.24. The van der Waals surface area contributed by atoms with Crippen molar-refractivity contribution in [2.45, 2.75) is 39.2 Å². The number of amides is 2. The monoisotopic (exact) mass is 465 g/mol. The van der Waals surface area contributed by atoms with Crippen molar-refractivity contribution >= 4 is 22.8 Å². The summed E-state index contributed by atoms with van der Waals surface area (Å²) in [7, 11) is 0. The number of piperidine rings is 1. The summed E-state index contributed by atoms with van der Waals surface area (Å²) in [6, 6.07) is 3.64. The number of benzene rings is 1. The molecule has 1 fully saturated rings. The minimum atomic E-state index is -0.209. The molecule has 2 aromatic heterocycles. The lowest BCUT2D eigenvalue weighted by molar-refractivity contribution is -0.131. The lowest BCUT2D eigenvalue weighted by Gasteiger charge is -2.32. The van der Waals surface area contributed by atoms with Gasteiger partial charge in [0.05, 0.1) is 23.3 Å². The SMILES string of the molecule is CCOc1ccc2c(c1-c1ncnc3c(C(=O)NC4CCN(C(=O)CC)CC4)c[nH]c13)OCO2. The van der Waals surface area contributed by atoms with E-state index < -0.39 is 0 Å². The lowest BCUT2D eigenvalue weighted by Crippen LogP contribution is -2.46. The van der Waals surface area contributed by atoms with Gasteiger partial charge in [-0.05, 0) is 31.9 Å². The first kappa shape index (κ1) is 22.0. The van der Waals surface area contributed by atoms with Crippen LogP contribution in [0.4, 0.5) is 0 Å². The zero-order chi connectivity index (χ0) is 23.7. The van der Waals surface area contributed by atoms with Gasteiger partial charge in [-0.25, -0.2) is 9.97 Å². The van der Waals surface area contributed by atoms with Gasteiger partial charge in [0.2, 0.25) is 12.7 Å². The molecule has 2 N–H and O–H groups in total. The molecule has 0 atom stereocenters. The molecule has 10 heteroatoms. The topological polar surface area (TPSA) is 119 Å². The number of nitrogens with one attached hydrogen (secondary N) is 2. The summed E-state index contributed by atoms with van der Waals surface area (Å²) in [6.07, 6.45) is 5.04. The highest BCUT2D eigenvalue weighted by molar-refractivity contribution is 6.08. The van der Waals surface area contributed by atoms with Crippen LogP contribution in [-0.4, -0.2) is 64.2 Å². The minimum Gasteiger partial charge on any atom is -0.493 e. The van der Waals surface area contributed by atoms with Crippen LogP contribution in [0.5, 0.6) is 17.2 Å². The summed E-state index contributed by atoms with van der Waals surface area (Å²) in [5.41, 5.74) is 2.79. The molecule has 1 saturated heterocycles. The normalized spacial score (nSPS) is 15.5. The van der Waals surface area contributed by atoms with E-state index in [9.17, 15) is 9.59 Å². The third kappa shape index (κ3) is 3.89. The molecule has 0 spiro atoms. The average molecular weight is 466 g/mol. The average Bonchev–Trinajstić information content (AvgIpc) is 3.51. The molecule has 0 saturated carbocycles. The van der Waals surface area contributed by atoms with Crippen LogP contribution < -0.4 is 19.5 Å². The third-order valence-electron chi connectivity index (χ3n) is 6.23. The highest BCUT2D eigenvalue weighted by atomic mass is 16.7. The molecule has 34 heavy (non-hydrogen) atoms. The van der Waals surface area contributed by atoms with Crippen molar-refractivity contribution in [3.05, 3.63) is 30.2 Å². The van der Waals surface area contributed by atoms with E-state index in [1.165, 1.54) is 6.33 Å². The van der Waals surface area contributed by atoms with Crippen molar-refractivity contribution in [3.8, 4) is 28.5 Å². The van der Waals surface area contributed by atoms with Gasteiger partial charge in [-0.3, -0.25) is 9.59 Å².